The van der Waals surface area contributed by atoms with Crippen molar-refractivity contribution in [1.29, 1.82) is 0 Å². The molecule has 0 heterocycles. The van der Waals surface area contributed by atoms with Gasteiger partial charge in [-0.15, -0.1) is 0 Å². The summed E-state index contributed by atoms with van der Waals surface area (Å²) >= 11 is 0. The van der Waals surface area contributed by atoms with Crippen molar-refractivity contribution in [2.75, 3.05) is 6.61 Å². The highest BCUT2D eigenvalue weighted by molar-refractivity contribution is 5.87. The predicted molar refractivity (Wildman–Crippen MR) is 70.6 cm³/mol. The first kappa shape index (κ1) is 15.6. The smallest absolute Gasteiger partial charge is 0.338 e. The van der Waals surface area contributed by atoms with Crippen LogP contribution in [-0.4, -0.2) is 28.3 Å². The van der Waals surface area contributed by atoms with Crippen molar-refractivity contribution in [3.05, 3.63) is 35.1 Å². The molecule has 0 amide bonds. The largest absolute Gasteiger partial charge is 0.478 e. The van der Waals surface area contributed by atoms with Gasteiger partial charge in [0.1, 0.15) is 5.82 Å². The van der Waals surface area contributed by atoms with Crippen molar-refractivity contribution in [3.8, 4) is 0 Å². The number of aliphatic hydroxyl groups is 1. The summed E-state index contributed by atoms with van der Waals surface area (Å²) in [5.74, 6) is -2.02. The molecule has 0 spiro atoms. The van der Waals surface area contributed by atoms with Crippen LogP contribution in [0.2, 0.25) is 0 Å². The van der Waals surface area contributed by atoms with E-state index < -0.39 is 11.8 Å². The molecule has 0 aliphatic heterocycles. The van der Waals surface area contributed by atoms with Crippen molar-refractivity contribution in [3.63, 3.8) is 0 Å². The Morgan fingerprint density at radius 3 is 2.42 bits per heavy atom. The van der Waals surface area contributed by atoms with Crippen LogP contribution < -0.4 is 5.32 Å². The van der Waals surface area contributed by atoms with Gasteiger partial charge in [0.05, 0.1) is 12.2 Å². The van der Waals surface area contributed by atoms with Crippen LogP contribution in [0.3, 0.4) is 0 Å². The van der Waals surface area contributed by atoms with Crippen LogP contribution in [0, 0.1) is 5.82 Å². The number of carboxylic acids is 1. The molecule has 0 aromatic heterocycles. The minimum Gasteiger partial charge on any atom is -0.478 e. The summed E-state index contributed by atoms with van der Waals surface area (Å²) in [4.78, 5) is 10.7. The summed E-state index contributed by atoms with van der Waals surface area (Å²) < 4.78 is 13.5. The van der Waals surface area contributed by atoms with E-state index in [1.165, 1.54) is 12.1 Å². The SMILES string of the molecule is CCC(CC)(CO)NCc1ccc(C(=O)O)c(F)c1. The molecule has 4 nitrogen and oxygen atoms in total. The first-order valence-corrected chi connectivity index (χ1v) is 6.35. The number of hydrogen-bond acceptors (Lipinski definition) is 3. The van der Waals surface area contributed by atoms with Crippen molar-refractivity contribution < 1.29 is 19.4 Å². The highest BCUT2D eigenvalue weighted by Gasteiger charge is 2.24. The molecule has 1 aromatic carbocycles. The van der Waals surface area contributed by atoms with Crippen molar-refractivity contribution in [1.82, 2.24) is 5.32 Å². The van der Waals surface area contributed by atoms with Gasteiger partial charge in [-0.05, 0) is 30.5 Å². The fraction of sp³-hybridized carbons (Fsp3) is 0.500. The van der Waals surface area contributed by atoms with Gasteiger partial charge in [0.15, 0.2) is 0 Å². The monoisotopic (exact) mass is 269 g/mol. The van der Waals surface area contributed by atoms with E-state index in [0.717, 1.165) is 12.8 Å². The molecule has 0 fully saturated rings. The molecule has 0 aliphatic carbocycles. The third-order valence-electron chi connectivity index (χ3n) is 3.59. The lowest BCUT2D eigenvalue weighted by atomic mass is 9.93. The van der Waals surface area contributed by atoms with Gasteiger partial charge in [-0.3, -0.25) is 0 Å². The van der Waals surface area contributed by atoms with Crippen LogP contribution in [0.5, 0.6) is 0 Å². The van der Waals surface area contributed by atoms with E-state index >= 15 is 0 Å². The van der Waals surface area contributed by atoms with E-state index in [1.807, 2.05) is 13.8 Å². The molecule has 3 N–H and O–H groups in total. The number of nitrogens with one attached hydrogen (secondary N) is 1. The van der Waals surface area contributed by atoms with Crippen LogP contribution in [0.15, 0.2) is 18.2 Å². The first-order chi connectivity index (χ1) is 8.98. The van der Waals surface area contributed by atoms with Crippen LogP contribution >= 0.6 is 0 Å². The van der Waals surface area contributed by atoms with E-state index in [2.05, 4.69) is 5.32 Å². The van der Waals surface area contributed by atoms with Gasteiger partial charge in [-0.1, -0.05) is 19.9 Å². The molecule has 106 valence electrons. The number of hydrogen-bond donors (Lipinski definition) is 3. The summed E-state index contributed by atoms with van der Waals surface area (Å²) in [6, 6.07) is 4.05. The van der Waals surface area contributed by atoms with Crippen LogP contribution in [0.25, 0.3) is 0 Å². The number of benzene rings is 1. The van der Waals surface area contributed by atoms with E-state index in [4.69, 9.17) is 5.11 Å². The van der Waals surface area contributed by atoms with Gasteiger partial charge < -0.3 is 15.5 Å². The lowest BCUT2D eigenvalue weighted by molar-refractivity contribution is 0.0692. The van der Waals surface area contributed by atoms with E-state index in [0.29, 0.717) is 12.1 Å². The Kier molecular flexibility index (Phi) is 5.44. The van der Waals surface area contributed by atoms with Gasteiger partial charge >= 0.3 is 5.97 Å². The number of rotatable bonds is 7. The van der Waals surface area contributed by atoms with E-state index in [9.17, 15) is 14.3 Å². The highest BCUT2D eigenvalue weighted by atomic mass is 19.1. The molecule has 0 aliphatic rings. The van der Waals surface area contributed by atoms with Gasteiger partial charge in [0.2, 0.25) is 0 Å². The molecule has 0 saturated carbocycles. The van der Waals surface area contributed by atoms with Crippen LogP contribution in [0.1, 0.15) is 42.6 Å². The second-order valence-electron chi connectivity index (χ2n) is 4.62. The van der Waals surface area contributed by atoms with Gasteiger partial charge in [-0.2, -0.15) is 0 Å². The highest BCUT2D eigenvalue weighted by Crippen LogP contribution is 2.16. The molecule has 0 unspecified atom stereocenters. The third-order valence-corrected chi connectivity index (χ3v) is 3.59. The Balaban J connectivity index is 2.78. The van der Waals surface area contributed by atoms with E-state index in [-0.39, 0.29) is 17.7 Å². The average Bonchev–Trinajstić information content (AvgIpc) is 2.40. The second kappa shape index (κ2) is 6.63. The standard InChI is InChI=1S/C14H20FNO3/c1-3-14(4-2,9-17)16-8-10-5-6-11(13(18)19)12(15)7-10/h5-7,16-17H,3-4,8-9H2,1-2H3,(H,18,19). The Morgan fingerprint density at radius 2 is 2.00 bits per heavy atom. The van der Waals surface area contributed by atoms with Gasteiger partial charge in [0.25, 0.3) is 0 Å². The third kappa shape index (κ3) is 3.75. The van der Waals surface area contributed by atoms with Crippen molar-refractivity contribution in [2.24, 2.45) is 0 Å². The molecule has 0 atom stereocenters. The molecule has 1 aromatic rings. The van der Waals surface area contributed by atoms with Crippen LogP contribution in [-0.2, 0) is 6.54 Å². The number of halogens is 1. The summed E-state index contributed by atoms with van der Waals surface area (Å²) in [5, 5.41) is 21.4. The Bertz CT molecular complexity index is 436. The minimum atomic E-state index is -1.27. The van der Waals surface area contributed by atoms with E-state index in [1.54, 1.807) is 6.07 Å². The molecule has 0 bridgehead atoms. The summed E-state index contributed by atoms with van der Waals surface area (Å²) in [6.07, 6.45) is 1.52. The summed E-state index contributed by atoms with van der Waals surface area (Å²) in [7, 11) is 0. The molecule has 19 heavy (non-hydrogen) atoms. The fourth-order valence-corrected chi connectivity index (χ4v) is 1.91. The zero-order valence-electron chi connectivity index (χ0n) is 11.2. The normalized spacial score (nSPS) is 11.6. The topological polar surface area (TPSA) is 69.6 Å². The predicted octanol–water partition coefficient (Wildman–Crippen LogP) is 2.16. The zero-order valence-corrected chi connectivity index (χ0v) is 11.2. The number of aromatic carboxylic acids is 1. The molecule has 0 radical (unpaired) electrons. The molecular weight excluding hydrogens is 249 g/mol. The maximum Gasteiger partial charge on any atom is 0.338 e. The van der Waals surface area contributed by atoms with Crippen molar-refractivity contribution >= 4 is 5.97 Å². The fourth-order valence-electron chi connectivity index (χ4n) is 1.91. The molecular formula is C14H20FNO3. The zero-order chi connectivity index (χ0) is 14.5. The lowest BCUT2D eigenvalue weighted by Gasteiger charge is -2.31. The summed E-state index contributed by atoms with van der Waals surface area (Å²) in [6.45, 7) is 4.34. The quantitative estimate of drug-likeness (QED) is 0.709. The maximum atomic E-state index is 13.5. The Labute approximate surface area is 112 Å². The van der Waals surface area contributed by atoms with Gasteiger partial charge in [-0.25, -0.2) is 9.18 Å². The van der Waals surface area contributed by atoms with Crippen molar-refractivity contribution in [2.45, 2.75) is 38.8 Å². The second-order valence-corrected chi connectivity index (χ2v) is 4.62. The number of carbonyl (C=O) groups is 1. The lowest BCUT2D eigenvalue weighted by Crippen LogP contribution is -2.47. The Morgan fingerprint density at radius 1 is 1.37 bits per heavy atom. The van der Waals surface area contributed by atoms with Gasteiger partial charge in [0, 0.05) is 12.1 Å². The number of aliphatic hydroxyl groups excluding tert-OH is 1. The Hall–Kier alpha value is -1.46. The molecule has 5 heteroatoms. The summed E-state index contributed by atoms with van der Waals surface area (Å²) in [5.41, 5.74) is -0.0486. The minimum absolute atomic E-state index is 0.00961. The number of carboxylic acid groups (broad SMARTS) is 1. The van der Waals surface area contributed by atoms with Crippen LogP contribution in [0.4, 0.5) is 4.39 Å². The average molecular weight is 269 g/mol. The molecule has 0 saturated heterocycles. The first-order valence-electron chi connectivity index (χ1n) is 6.35. The maximum absolute atomic E-state index is 13.5. The molecule has 1 rings (SSSR count).